The third-order valence-electron chi connectivity index (χ3n) is 3.48. The number of fused-ring (bicyclic) bond motifs is 1. The van der Waals surface area contributed by atoms with Crippen molar-refractivity contribution in [1.29, 1.82) is 0 Å². The molecule has 6 nitrogen and oxygen atoms in total. The number of aromatic amines is 1. The van der Waals surface area contributed by atoms with Crippen LogP contribution in [0.5, 0.6) is 11.5 Å². The van der Waals surface area contributed by atoms with Crippen LogP contribution in [0.4, 0.5) is 0 Å². The van der Waals surface area contributed by atoms with Crippen LogP contribution in [-0.4, -0.2) is 28.0 Å². The summed E-state index contributed by atoms with van der Waals surface area (Å²) < 4.78 is 14.0. The van der Waals surface area contributed by atoms with Crippen LogP contribution in [-0.2, 0) is 6.54 Å². The van der Waals surface area contributed by atoms with E-state index in [2.05, 4.69) is 10.2 Å². The predicted molar refractivity (Wildman–Crippen MR) is 91.7 cm³/mol. The Morgan fingerprint density at radius 2 is 2.17 bits per heavy atom. The molecular weight excluding hydrogens is 314 g/mol. The summed E-state index contributed by atoms with van der Waals surface area (Å²) in [6.45, 7) is 6.42. The molecule has 0 saturated heterocycles. The highest BCUT2D eigenvalue weighted by Crippen LogP contribution is 2.45. The number of thiophene rings is 1. The van der Waals surface area contributed by atoms with Crippen molar-refractivity contribution in [3.63, 3.8) is 0 Å². The number of rotatable bonds is 5. The van der Waals surface area contributed by atoms with Crippen LogP contribution in [0.2, 0.25) is 0 Å². The van der Waals surface area contributed by atoms with Gasteiger partial charge in [-0.1, -0.05) is 0 Å². The number of H-pyrrole nitrogens is 1. The summed E-state index contributed by atoms with van der Waals surface area (Å²) in [5.41, 5.74) is -0.215. The first-order valence-electron chi connectivity index (χ1n) is 7.48. The molecule has 1 aromatic carbocycles. The first-order valence-corrected chi connectivity index (χ1v) is 8.29. The number of aromatic nitrogens is 3. The molecule has 0 unspecified atom stereocenters. The average molecular weight is 333 g/mol. The summed E-state index contributed by atoms with van der Waals surface area (Å²) >= 11 is 1.56. The van der Waals surface area contributed by atoms with E-state index in [1.165, 1.54) is 0 Å². The van der Waals surface area contributed by atoms with Crippen molar-refractivity contribution in [2.24, 2.45) is 0 Å². The Morgan fingerprint density at radius 1 is 1.39 bits per heavy atom. The Hall–Kier alpha value is -2.28. The molecule has 122 valence electrons. The van der Waals surface area contributed by atoms with Crippen LogP contribution < -0.4 is 15.2 Å². The summed E-state index contributed by atoms with van der Waals surface area (Å²) in [7, 11) is 1.64. The number of benzene rings is 1. The van der Waals surface area contributed by atoms with Crippen LogP contribution in [0.25, 0.3) is 20.8 Å². The predicted octanol–water partition coefficient (Wildman–Crippen LogP) is 3.27. The lowest BCUT2D eigenvalue weighted by molar-refractivity contribution is 0.247. The van der Waals surface area contributed by atoms with Crippen LogP contribution in [0, 0.1) is 0 Å². The first-order chi connectivity index (χ1) is 11.0. The molecule has 0 bridgehead atoms. The number of nitrogens with zero attached hydrogens (tertiary/aromatic N) is 2. The van der Waals surface area contributed by atoms with Crippen molar-refractivity contribution >= 4 is 21.4 Å². The molecule has 1 N–H and O–H groups in total. The lowest BCUT2D eigenvalue weighted by Crippen LogP contribution is -2.16. The van der Waals surface area contributed by atoms with E-state index in [-0.39, 0.29) is 11.8 Å². The van der Waals surface area contributed by atoms with Gasteiger partial charge in [-0.05, 0) is 39.0 Å². The van der Waals surface area contributed by atoms with Gasteiger partial charge in [-0.25, -0.2) is 9.89 Å². The van der Waals surface area contributed by atoms with Gasteiger partial charge < -0.3 is 9.47 Å². The van der Waals surface area contributed by atoms with E-state index in [0.717, 1.165) is 26.5 Å². The standard InChI is InChI=1S/C16H19N3O3S/c1-5-19-15(17-18-16(19)20)14-13(22-9(2)3)11-8-10(21-4)6-7-12(11)23-14/h6-9H,5H2,1-4H3,(H,18,20). The number of hydrogen-bond donors (Lipinski definition) is 1. The number of nitrogens with one attached hydrogen (secondary N) is 1. The molecule has 2 heterocycles. The van der Waals surface area contributed by atoms with Crippen LogP contribution in [0.1, 0.15) is 20.8 Å². The molecule has 0 aliphatic rings. The maximum Gasteiger partial charge on any atom is 0.343 e. The zero-order chi connectivity index (χ0) is 16.6. The lowest BCUT2D eigenvalue weighted by Gasteiger charge is -2.11. The van der Waals surface area contributed by atoms with E-state index in [4.69, 9.17) is 9.47 Å². The third-order valence-corrected chi connectivity index (χ3v) is 4.63. The monoisotopic (exact) mass is 333 g/mol. The molecule has 23 heavy (non-hydrogen) atoms. The van der Waals surface area contributed by atoms with Crippen molar-refractivity contribution in [1.82, 2.24) is 14.8 Å². The highest BCUT2D eigenvalue weighted by Gasteiger charge is 2.21. The second-order valence-electron chi connectivity index (χ2n) is 5.39. The van der Waals surface area contributed by atoms with Gasteiger partial charge in [0.05, 0.1) is 13.2 Å². The first kappa shape index (κ1) is 15.6. The van der Waals surface area contributed by atoms with E-state index in [1.54, 1.807) is 23.0 Å². The number of ether oxygens (including phenoxy) is 2. The summed E-state index contributed by atoms with van der Waals surface area (Å²) in [6.07, 6.45) is 0.0125. The minimum absolute atomic E-state index is 0.0125. The van der Waals surface area contributed by atoms with Gasteiger partial charge in [-0.15, -0.1) is 11.3 Å². The Kier molecular flexibility index (Phi) is 4.12. The largest absolute Gasteiger partial charge is 0.497 e. The van der Waals surface area contributed by atoms with Gasteiger partial charge in [0, 0.05) is 16.6 Å². The summed E-state index contributed by atoms with van der Waals surface area (Å²) in [4.78, 5) is 12.7. The molecule has 3 aromatic rings. The van der Waals surface area contributed by atoms with Crippen molar-refractivity contribution in [2.75, 3.05) is 7.11 Å². The fourth-order valence-corrected chi connectivity index (χ4v) is 3.58. The smallest absolute Gasteiger partial charge is 0.343 e. The molecule has 0 aliphatic heterocycles. The van der Waals surface area contributed by atoms with Gasteiger partial charge in [0.25, 0.3) is 0 Å². The summed E-state index contributed by atoms with van der Waals surface area (Å²) in [5.74, 6) is 2.12. The number of hydrogen-bond acceptors (Lipinski definition) is 5. The molecule has 0 saturated carbocycles. The summed E-state index contributed by atoms with van der Waals surface area (Å²) in [5, 5.41) is 7.67. The van der Waals surface area contributed by atoms with Crippen LogP contribution >= 0.6 is 11.3 Å². The SMILES string of the molecule is CCn1c(-c2sc3ccc(OC)cc3c2OC(C)C)n[nH]c1=O. The molecule has 7 heteroatoms. The highest BCUT2D eigenvalue weighted by molar-refractivity contribution is 7.22. The van der Waals surface area contributed by atoms with E-state index in [0.29, 0.717) is 12.4 Å². The quantitative estimate of drug-likeness (QED) is 0.778. The second kappa shape index (κ2) is 6.08. The Morgan fingerprint density at radius 3 is 2.83 bits per heavy atom. The van der Waals surface area contributed by atoms with E-state index in [9.17, 15) is 4.79 Å². The van der Waals surface area contributed by atoms with Gasteiger partial charge in [-0.3, -0.25) is 4.57 Å². The fourth-order valence-electron chi connectivity index (χ4n) is 2.47. The molecule has 0 aliphatic carbocycles. The Balaban J connectivity index is 2.28. The molecule has 2 aromatic heterocycles. The van der Waals surface area contributed by atoms with Crippen LogP contribution in [0.15, 0.2) is 23.0 Å². The van der Waals surface area contributed by atoms with Crippen molar-refractivity contribution in [3.8, 4) is 22.2 Å². The normalized spacial score (nSPS) is 11.3. The Bertz CT molecular complexity index is 892. The minimum atomic E-state index is -0.215. The zero-order valence-corrected chi connectivity index (χ0v) is 14.4. The van der Waals surface area contributed by atoms with E-state index >= 15 is 0 Å². The molecular formula is C16H19N3O3S. The van der Waals surface area contributed by atoms with Crippen molar-refractivity contribution in [3.05, 3.63) is 28.7 Å². The third kappa shape index (κ3) is 2.72. The highest BCUT2D eigenvalue weighted by atomic mass is 32.1. The molecule has 0 fully saturated rings. The van der Waals surface area contributed by atoms with Crippen molar-refractivity contribution in [2.45, 2.75) is 33.4 Å². The molecule has 3 rings (SSSR count). The van der Waals surface area contributed by atoms with E-state index in [1.807, 2.05) is 39.0 Å². The Labute approximate surface area is 137 Å². The lowest BCUT2D eigenvalue weighted by atomic mass is 10.2. The number of methoxy groups -OCH3 is 1. The van der Waals surface area contributed by atoms with E-state index < -0.39 is 0 Å². The average Bonchev–Trinajstić information content (AvgIpc) is 3.06. The summed E-state index contributed by atoms with van der Waals surface area (Å²) in [6, 6.07) is 5.86. The zero-order valence-electron chi connectivity index (χ0n) is 13.5. The fraction of sp³-hybridized carbons (Fsp3) is 0.375. The van der Waals surface area contributed by atoms with Gasteiger partial charge >= 0.3 is 5.69 Å². The van der Waals surface area contributed by atoms with Gasteiger partial charge in [-0.2, -0.15) is 5.10 Å². The molecule has 0 spiro atoms. The molecule has 0 amide bonds. The van der Waals surface area contributed by atoms with Crippen LogP contribution in [0.3, 0.4) is 0 Å². The topological polar surface area (TPSA) is 69.1 Å². The molecule has 0 atom stereocenters. The van der Waals surface area contributed by atoms with Gasteiger partial charge in [0.2, 0.25) is 0 Å². The molecule has 0 radical (unpaired) electrons. The van der Waals surface area contributed by atoms with Gasteiger partial charge in [0.15, 0.2) is 5.82 Å². The maximum atomic E-state index is 11.9. The van der Waals surface area contributed by atoms with Gasteiger partial charge in [0.1, 0.15) is 16.4 Å². The second-order valence-corrected chi connectivity index (χ2v) is 6.44. The maximum absolute atomic E-state index is 11.9. The minimum Gasteiger partial charge on any atom is -0.497 e. The van der Waals surface area contributed by atoms with Crippen molar-refractivity contribution < 1.29 is 9.47 Å².